The van der Waals surface area contributed by atoms with E-state index in [1.165, 1.54) is 95.5 Å². The topological polar surface area (TPSA) is 25.8 Å². The van der Waals surface area contributed by atoms with Crippen LogP contribution in [0.1, 0.15) is 115 Å². The molecule has 0 saturated heterocycles. The van der Waals surface area contributed by atoms with Gasteiger partial charge in [-0.25, -0.2) is 9.97 Å². The Morgan fingerprint density at radius 1 is 0.679 bits per heavy atom. The van der Waals surface area contributed by atoms with Crippen molar-refractivity contribution in [3.8, 4) is 0 Å². The first kappa shape index (κ1) is 21.8. The quantitative estimate of drug-likeness (QED) is 0.389. The van der Waals surface area contributed by atoms with Gasteiger partial charge in [0.2, 0.25) is 0 Å². The Labute approximate surface area is 174 Å². The predicted molar refractivity (Wildman–Crippen MR) is 119 cm³/mol. The Balaban J connectivity index is 1.31. The van der Waals surface area contributed by atoms with Gasteiger partial charge in [0, 0.05) is 18.8 Å². The van der Waals surface area contributed by atoms with E-state index in [0.717, 1.165) is 42.3 Å². The molecule has 0 amide bonds. The maximum absolute atomic E-state index is 4.59. The van der Waals surface area contributed by atoms with Crippen LogP contribution in [0.4, 0.5) is 0 Å². The summed E-state index contributed by atoms with van der Waals surface area (Å²) in [6.45, 7) is 4.53. The lowest BCUT2D eigenvalue weighted by atomic mass is 9.68. The largest absolute Gasteiger partial charge is 0.241 e. The van der Waals surface area contributed by atoms with Gasteiger partial charge in [-0.1, -0.05) is 71.6 Å². The molecule has 2 aliphatic carbocycles. The molecule has 0 bridgehead atoms. The molecular formula is C26H44N2. The highest BCUT2D eigenvalue weighted by molar-refractivity contribution is 5.05. The summed E-state index contributed by atoms with van der Waals surface area (Å²) >= 11 is 0. The van der Waals surface area contributed by atoms with E-state index in [2.05, 4.69) is 23.8 Å². The van der Waals surface area contributed by atoms with Crippen LogP contribution >= 0.6 is 0 Å². The second kappa shape index (κ2) is 11.9. The first-order chi connectivity index (χ1) is 13.8. The average molecular weight is 385 g/mol. The summed E-state index contributed by atoms with van der Waals surface area (Å²) < 4.78 is 0. The smallest absolute Gasteiger partial charge is 0.128 e. The van der Waals surface area contributed by atoms with E-state index in [0.29, 0.717) is 0 Å². The molecule has 2 saturated carbocycles. The highest BCUT2D eigenvalue weighted by Crippen LogP contribution is 2.43. The summed E-state index contributed by atoms with van der Waals surface area (Å²) in [6.07, 6.45) is 26.5. The molecule has 3 rings (SSSR count). The third kappa shape index (κ3) is 6.85. The molecule has 0 unspecified atom stereocenters. The summed E-state index contributed by atoms with van der Waals surface area (Å²) in [6, 6.07) is 0. The van der Waals surface area contributed by atoms with E-state index in [9.17, 15) is 0 Å². The minimum Gasteiger partial charge on any atom is -0.241 e. The molecule has 0 aromatic carbocycles. The molecule has 158 valence electrons. The molecule has 2 nitrogen and oxygen atoms in total. The molecular weight excluding hydrogens is 340 g/mol. The molecule has 0 aliphatic heterocycles. The van der Waals surface area contributed by atoms with Crippen molar-refractivity contribution in [1.82, 2.24) is 9.97 Å². The van der Waals surface area contributed by atoms with Crippen molar-refractivity contribution in [3.63, 3.8) is 0 Å². The fourth-order valence-corrected chi connectivity index (χ4v) is 5.84. The summed E-state index contributed by atoms with van der Waals surface area (Å²) in [4.78, 5) is 9.19. The Bertz CT molecular complexity index is 522. The SMILES string of the molecule is CCCCCC1CCC(C2CCC(CCc3ncc(CCC)cn3)CC2)CC1. The third-order valence-corrected chi connectivity index (χ3v) is 7.74. The van der Waals surface area contributed by atoms with E-state index in [-0.39, 0.29) is 0 Å². The molecule has 1 aromatic rings. The monoisotopic (exact) mass is 384 g/mol. The second-order valence-electron chi connectivity index (χ2n) is 9.85. The van der Waals surface area contributed by atoms with E-state index in [4.69, 9.17) is 0 Å². The van der Waals surface area contributed by atoms with Crippen LogP contribution in [0.5, 0.6) is 0 Å². The van der Waals surface area contributed by atoms with Crippen LogP contribution < -0.4 is 0 Å². The average Bonchev–Trinajstić information content (AvgIpc) is 2.75. The molecule has 28 heavy (non-hydrogen) atoms. The molecule has 0 radical (unpaired) electrons. The minimum atomic E-state index is 0.917. The van der Waals surface area contributed by atoms with Crippen LogP contribution in [0.15, 0.2) is 12.4 Å². The molecule has 2 heteroatoms. The van der Waals surface area contributed by atoms with Gasteiger partial charge in [-0.05, 0) is 67.8 Å². The van der Waals surface area contributed by atoms with Gasteiger partial charge >= 0.3 is 0 Å². The zero-order valence-corrected chi connectivity index (χ0v) is 18.7. The maximum atomic E-state index is 4.59. The van der Waals surface area contributed by atoms with E-state index in [1.807, 2.05) is 12.4 Å². The summed E-state index contributed by atoms with van der Waals surface area (Å²) in [5.41, 5.74) is 1.28. The van der Waals surface area contributed by atoms with Crippen LogP contribution in [0, 0.1) is 23.7 Å². The number of nitrogens with zero attached hydrogens (tertiary/aromatic N) is 2. The molecule has 0 N–H and O–H groups in total. The number of aromatic nitrogens is 2. The number of unbranched alkanes of at least 4 members (excludes halogenated alkanes) is 2. The number of rotatable bonds is 10. The second-order valence-corrected chi connectivity index (χ2v) is 9.85. The number of aryl methyl sites for hydroxylation is 2. The van der Waals surface area contributed by atoms with Crippen molar-refractivity contribution in [2.75, 3.05) is 0 Å². The zero-order valence-electron chi connectivity index (χ0n) is 18.7. The molecule has 2 aliphatic rings. The van der Waals surface area contributed by atoms with E-state index < -0.39 is 0 Å². The first-order valence-electron chi connectivity index (χ1n) is 12.6. The minimum absolute atomic E-state index is 0.917. The fraction of sp³-hybridized carbons (Fsp3) is 0.846. The summed E-state index contributed by atoms with van der Waals surface area (Å²) in [7, 11) is 0. The normalized spacial score (nSPS) is 28.4. The lowest BCUT2D eigenvalue weighted by Crippen LogP contribution is -2.26. The Hall–Kier alpha value is -0.920. The molecule has 0 spiro atoms. The number of hydrogen-bond acceptors (Lipinski definition) is 2. The van der Waals surface area contributed by atoms with Crippen molar-refractivity contribution in [1.29, 1.82) is 0 Å². The number of hydrogen-bond donors (Lipinski definition) is 0. The van der Waals surface area contributed by atoms with Crippen LogP contribution in [-0.4, -0.2) is 9.97 Å². The maximum Gasteiger partial charge on any atom is 0.128 e. The van der Waals surface area contributed by atoms with Gasteiger partial charge < -0.3 is 0 Å². The van der Waals surface area contributed by atoms with E-state index >= 15 is 0 Å². The van der Waals surface area contributed by atoms with Crippen molar-refractivity contribution in [3.05, 3.63) is 23.8 Å². The van der Waals surface area contributed by atoms with Crippen LogP contribution in [0.3, 0.4) is 0 Å². The lowest BCUT2D eigenvalue weighted by molar-refractivity contribution is 0.140. The Kier molecular flexibility index (Phi) is 9.28. The molecule has 0 atom stereocenters. The fourth-order valence-electron chi connectivity index (χ4n) is 5.84. The van der Waals surface area contributed by atoms with Crippen LogP contribution in [-0.2, 0) is 12.8 Å². The van der Waals surface area contributed by atoms with Gasteiger partial charge in [-0.15, -0.1) is 0 Å². The van der Waals surface area contributed by atoms with Crippen molar-refractivity contribution in [2.24, 2.45) is 23.7 Å². The van der Waals surface area contributed by atoms with Crippen molar-refractivity contribution in [2.45, 2.75) is 117 Å². The van der Waals surface area contributed by atoms with Crippen molar-refractivity contribution >= 4 is 0 Å². The van der Waals surface area contributed by atoms with Gasteiger partial charge in [0.15, 0.2) is 0 Å². The highest BCUT2D eigenvalue weighted by Gasteiger charge is 2.30. The lowest BCUT2D eigenvalue weighted by Gasteiger charge is -2.38. The van der Waals surface area contributed by atoms with E-state index in [1.54, 1.807) is 0 Å². The van der Waals surface area contributed by atoms with Crippen LogP contribution in [0.25, 0.3) is 0 Å². The van der Waals surface area contributed by atoms with Gasteiger partial charge in [0.25, 0.3) is 0 Å². The van der Waals surface area contributed by atoms with Crippen LogP contribution in [0.2, 0.25) is 0 Å². The Morgan fingerprint density at radius 2 is 1.25 bits per heavy atom. The predicted octanol–water partition coefficient (Wildman–Crippen LogP) is 7.55. The molecule has 1 heterocycles. The van der Waals surface area contributed by atoms with Gasteiger partial charge in [-0.3, -0.25) is 0 Å². The molecule has 1 aromatic heterocycles. The Morgan fingerprint density at radius 3 is 1.79 bits per heavy atom. The van der Waals surface area contributed by atoms with Crippen molar-refractivity contribution < 1.29 is 0 Å². The first-order valence-corrected chi connectivity index (χ1v) is 12.6. The van der Waals surface area contributed by atoms with Gasteiger partial charge in [-0.2, -0.15) is 0 Å². The summed E-state index contributed by atoms with van der Waals surface area (Å²) in [5.74, 6) is 5.13. The zero-order chi connectivity index (χ0) is 19.6. The summed E-state index contributed by atoms with van der Waals surface area (Å²) in [5, 5.41) is 0. The standard InChI is InChI=1S/C26H44N2/c1-3-5-6-8-21-9-14-24(15-10-21)25-16-11-22(12-17-25)13-18-26-27-19-23(7-4-2)20-28-26/h19-22,24-25H,3-18H2,1-2H3. The van der Waals surface area contributed by atoms with Gasteiger partial charge in [0.1, 0.15) is 5.82 Å². The third-order valence-electron chi connectivity index (χ3n) is 7.74. The van der Waals surface area contributed by atoms with Gasteiger partial charge in [0.05, 0.1) is 0 Å². The molecule has 2 fully saturated rings. The highest BCUT2D eigenvalue weighted by atomic mass is 14.9.